The molecule has 1 aromatic heterocycles. The van der Waals surface area contributed by atoms with Crippen LogP contribution in [0, 0.1) is 20.8 Å². The Morgan fingerprint density at radius 3 is 2.58 bits per heavy atom. The van der Waals surface area contributed by atoms with Crippen LogP contribution in [0.3, 0.4) is 0 Å². The molecule has 2 heterocycles. The number of rotatable bonds is 5. The molecule has 0 saturated carbocycles. The van der Waals surface area contributed by atoms with Crippen LogP contribution in [-0.2, 0) is 11.3 Å². The lowest BCUT2D eigenvalue weighted by molar-refractivity contribution is -0.139. The molecule has 1 aliphatic heterocycles. The molecule has 1 unspecified atom stereocenters. The van der Waals surface area contributed by atoms with Crippen LogP contribution < -0.4 is 4.74 Å². The molecule has 140 valence electrons. The molecule has 26 heavy (non-hydrogen) atoms. The summed E-state index contributed by atoms with van der Waals surface area (Å²) < 4.78 is 11.1. The largest absolute Gasteiger partial charge is 0.481 e. The molecule has 0 spiro atoms. The summed E-state index contributed by atoms with van der Waals surface area (Å²) in [5.41, 5.74) is 3.22. The van der Waals surface area contributed by atoms with Crippen molar-refractivity contribution in [3.05, 3.63) is 46.8 Å². The Balaban J connectivity index is 1.51. The van der Waals surface area contributed by atoms with Crippen LogP contribution in [0.5, 0.6) is 5.75 Å². The van der Waals surface area contributed by atoms with Gasteiger partial charge in [0.15, 0.2) is 6.10 Å². The first-order valence-corrected chi connectivity index (χ1v) is 9.10. The summed E-state index contributed by atoms with van der Waals surface area (Å²) in [5, 5.41) is 4.01. The molecule has 1 aliphatic rings. The average molecular weight is 357 g/mol. The fourth-order valence-corrected chi connectivity index (χ4v) is 3.28. The molecule has 1 saturated heterocycles. The summed E-state index contributed by atoms with van der Waals surface area (Å²) >= 11 is 0. The number of nitrogens with zero attached hydrogens (tertiary/aromatic N) is 3. The molecule has 1 amide bonds. The number of hydrogen-bond acceptors (Lipinski definition) is 5. The Kier molecular flexibility index (Phi) is 5.61. The SMILES string of the molecule is Cc1cccc(OC(C)C(=O)N2CCN(Cc3c(C)noc3C)CC2)c1. The van der Waals surface area contributed by atoms with Crippen molar-refractivity contribution in [3.8, 4) is 5.75 Å². The van der Waals surface area contributed by atoms with Gasteiger partial charge in [-0.1, -0.05) is 17.3 Å². The van der Waals surface area contributed by atoms with E-state index in [0.29, 0.717) is 13.1 Å². The summed E-state index contributed by atoms with van der Waals surface area (Å²) in [5.74, 6) is 1.66. The quantitative estimate of drug-likeness (QED) is 0.823. The lowest BCUT2D eigenvalue weighted by atomic mass is 10.1. The second kappa shape index (κ2) is 7.91. The van der Waals surface area contributed by atoms with Crippen molar-refractivity contribution in [2.24, 2.45) is 0 Å². The number of aromatic nitrogens is 1. The molecule has 1 atom stereocenters. The highest BCUT2D eigenvalue weighted by Crippen LogP contribution is 2.18. The maximum Gasteiger partial charge on any atom is 0.263 e. The van der Waals surface area contributed by atoms with Crippen molar-refractivity contribution in [1.82, 2.24) is 15.0 Å². The van der Waals surface area contributed by atoms with Gasteiger partial charge in [-0.15, -0.1) is 0 Å². The number of aryl methyl sites for hydroxylation is 3. The smallest absolute Gasteiger partial charge is 0.263 e. The minimum atomic E-state index is -0.481. The fourth-order valence-electron chi connectivity index (χ4n) is 3.28. The summed E-state index contributed by atoms with van der Waals surface area (Å²) in [6.45, 7) is 11.7. The van der Waals surface area contributed by atoms with Crippen LogP contribution in [0.15, 0.2) is 28.8 Å². The first kappa shape index (κ1) is 18.5. The monoisotopic (exact) mass is 357 g/mol. The zero-order valence-corrected chi connectivity index (χ0v) is 16.0. The third-order valence-electron chi connectivity index (χ3n) is 4.90. The van der Waals surface area contributed by atoms with Gasteiger partial charge in [-0.2, -0.15) is 0 Å². The Morgan fingerprint density at radius 2 is 1.96 bits per heavy atom. The van der Waals surface area contributed by atoms with Gasteiger partial charge in [-0.05, 0) is 45.4 Å². The van der Waals surface area contributed by atoms with E-state index >= 15 is 0 Å². The van der Waals surface area contributed by atoms with E-state index in [-0.39, 0.29) is 5.91 Å². The van der Waals surface area contributed by atoms with Gasteiger partial charge in [0, 0.05) is 38.3 Å². The van der Waals surface area contributed by atoms with E-state index in [1.54, 1.807) is 0 Å². The van der Waals surface area contributed by atoms with Gasteiger partial charge >= 0.3 is 0 Å². The predicted octanol–water partition coefficient (Wildman–Crippen LogP) is 2.71. The molecule has 1 fully saturated rings. The summed E-state index contributed by atoms with van der Waals surface area (Å²) in [6.07, 6.45) is -0.481. The molecule has 0 radical (unpaired) electrons. The average Bonchev–Trinajstić information content (AvgIpc) is 2.94. The topological polar surface area (TPSA) is 58.8 Å². The maximum atomic E-state index is 12.7. The van der Waals surface area contributed by atoms with Crippen molar-refractivity contribution in [2.75, 3.05) is 26.2 Å². The van der Waals surface area contributed by atoms with Crippen molar-refractivity contribution in [2.45, 2.75) is 40.3 Å². The van der Waals surface area contributed by atoms with Crippen LogP contribution in [0.1, 0.15) is 29.5 Å². The van der Waals surface area contributed by atoms with Gasteiger partial charge in [-0.25, -0.2) is 0 Å². The second-order valence-electron chi connectivity index (χ2n) is 6.98. The zero-order chi connectivity index (χ0) is 18.7. The van der Waals surface area contributed by atoms with Crippen molar-refractivity contribution in [3.63, 3.8) is 0 Å². The van der Waals surface area contributed by atoms with E-state index in [2.05, 4.69) is 10.1 Å². The molecule has 0 N–H and O–H groups in total. The zero-order valence-electron chi connectivity index (χ0n) is 16.0. The third kappa shape index (κ3) is 4.25. The molecular formula is C20H27N3O3. The molecule has 3 rings (SSSR count). The van der Waals surface area contributed by atoms with Crippen LogP contribution in [0.4, 0.5) is 0 Å². The highest BCUT2D eigenvalue weighted by molar-refractivity contribution is 5.81. The van der Waals surface area contributed by atoms with Crippen molar-refractivity contribution >= 4 is 5.91 Å². The Hall–Kier alpha value is -2.34. The third-order valence-corrected chi connectivity index (χ3v) is 4.90. The lowest BCUT2D eigenvalue weighted by Crippen LogP contribution is -2.51. The van der Waals surface area contributed by atoms with Gasteiger partial charge in [0.25, 0.3) is 5.91 Å². The number of carbonyl (C=O) groups excluding carboxylic acids is 1. The van der Waals surface area contributed by atoms with Crippen LogP contribution in [-0.4, -0.2) is 53.1 Å². The summed E-state index contributed by atoms with van der Waals surface area (Å²) in [4.78, 5) is 16.9. The van der Waals surface area contributed by atoms with Crippen LogP contribution in [0.25, 0.3) is 0 Å². The molecule has 6 heteroatoms. The molecule has 2 aromatic rings. The minimum absolute atomic E-state index is 0.0449. The molecule has 1 aromatic carbocycles. The van der Waals surface area contributed by atoms with Crippen LogP contribution in [0.2, 0.25) is 0 Å². The molecule has 0 aliphatic carbocycles. The standard InChI is InChI=1S/C20H27N3O3/c1-14-6-5-7-18(12-14)25-17(4)20(24)23-10-8-22(9-11-23)13-19-15(2)21-26-16(19)3/h5-7,12,17H,8-11,13H2,1-4H3. The number of benzene rings is 1. The normalized spacial score (nSPS) is 16.5. The fraction of sp³-hybridized carbons (Fsp3) is 0.500. The number of ether oxygens (including phenoxy) is 1. The molecular weight excluding hydrogens is 330 g/mol. The van der Waals surface area contributed by atoms with Gasteiger partial charge in [0.2, 0.25) is 0 Å². The van der Waals surface area contributed by atoms with E-state index < -0.39 is 6.10 Å². The highest BCUT2D eigenvalue weighted by atomic mass is 16.5. The van der Waals surface area contributed by atoms with Gasteiger partial charge in [-0.3, -0.25) is 9.69 Å². The van der Waals surface area contributed by atoms with E-state index in [0.717, 1.165) is 48.0 Å². The highest BCUT2D eigenvalue weighted by Gasteiger charge is 2.26. The number of piperazine rings is 1. The second-order valence-corrected chi connectivity index (χ2v) is 6.98. The Labute approximate surface area is 154 Å². The number of amides is 1. The Bertz CT molecular complexity index is 744. The summed E-state index contributed by atoms with van der Waals surface area (Å²) in [7, 11) is 0. The van der Waals surface area contributed by atoms with Gasteiger partial charge in [0.05, 0.1) is 5.69 Å². The predicted molar refractivity (Wildman–Crippen MR) is 99.1 cm³/mol. The number of hydrogen-bond donors (Lipinski definition) is 0. The van der Waals surface area contributed by atoms with E-state index in [9.17, 15) is 4.79 Å². The van der Waals surface area contributed by atoms with E-state index in [4.69, 9.17) is 9.26 Å². The van der Waals surface area contributed by atoms with E-state index in [1.807, 2.05) is 56.9 Å². The van der Waals surface area contributed by atoms with Crippen molar-refractivity contribution < 1.29 is 14.1 Å². The first-order chi connectivity index (χ1) is 12.4. The van der Waals surface area contributed by atoms with Gasteiger partial charge < -0.3 is 14.2 Å². The maximum absolute atomic E-state index is 12.7. The Morgan fingerprint density at radius 1 is 1.23 bits per heavy atom. The van der Waals surface area contributed by atoms with Crippen LogP contribution >= 0.6 is 0 Å². The summed E-state index contributed by atoms with van der Waals surface area (Å²) in [6, 6.07) is 7.79. The molecule has 0 bridgehead atoms. The lowest BCUT2D eigenvalue weighted by Gasteiger charge is -2.35. The van der Waals surface area contributed by atoms with E-state index in [1.165, 1.54) is 0 Å². The first-order valence-electron chi connectivity index (χ1n) is 9.10. The van der Waals surface area contributed by atoms with Gasteiger partial charge in [0.1, 0.15) is 11.5 Å². The molecule has 6 nitrogen and oxygen atoms in total. The minimum Gasteiger partial charge on any atom is -0.481 e. The number of carbonyl (C=O) groups is 1. The van der Waals surface area contributed by atoms with Crippen molar-refractivity contribution in [1.29, 1.82) is 0 Å².